The van der Waals surface area contributed by atoms with Crippen LogP contribution in [0.3, 0.4) is 0 Å². The molecule has 0 saturated carbocycles. The Morgan fingerprint density at radius 1 is 0.971 bits per heavy atom. The highest BCUT2D eigenvalue weighted by atomic mass is 16.6. The van der Waals surface area contributed by atoms with Gasteiger partial charge in [0.05, 0.1) is 24.8 Å². The van der Waals surface area contributed by atoms with E-state index in [0.29, 0.717) is 28.3 Å². The first kappa shape index (κ1) is 24.0. The number of nitrogens with one attached hydrogen (secondary N) is 2. The van der Waals surface area contributed by atoms with Crippen molar-refractivity contribution in [3.8, 4) is 11.5 Å². The van der Waals surface area contributed by atoms with Crippen LogP contribution in [0.2, 0.25) is 0 Å². The van der Waals surface area contributed by atoms with Crippen molar-refractivity contribution in [1.29, 1.82) is 0 Å². The van der Waals surface area contributed by atoms with Gasteiger partial charge in [0, 0.05) is 23.8 Å². The van der Waals surface area contributed by atoms with Crippen LogP contribution < -0.4 is 20.1 Å². The lowest BCUT2D eigenvalue weighted by Crippen LogP contribution is -2.30. The van der Waals surface area contributed by atoms with E-state index in [1.807, 2.05) is 13.0 Å². The van der Waals surface area contributed by atoms with E-state index < -0.39 is 16.7 Å². The van der Waals surface area contributed by atoms with Gasteiger partial charge < -0.3 is 20.1 Å². The van der Waals surface area contributed by atoms with Crippen LogP contribution in [0, 0.1) is 17.0 Å². The zero-order valence-corrected chi connectivity index (χ0v) is 18.8. The molecule has 2 N–H and O–H groups in total. The maximum absolute atomic E-state index is 13.2. The first-order valence-corrected chi connectivity index (χ1v) is 10.2. The molecular formula is C25H23N3O6. The average Bonchev–Trinajstić information content (AvgIpc) is 2.84. The van der Waals surface area contributed by atoms with Crippen molar-refractivity contribution in [3.05, 3.63) is 99.2 Å². The zero-order valence-electron chi connectivity index (χ0n) is 18.8. The van der Waals surface area contributed by atoms with Gasteiger partial charge in [-0.25, -0.2) is 0 Å². The Labute approximate surface area is 196 Å². The second kappa shape index (κ2) is 10.8. The van der Waals surface area contributed by atoms with E-state index in [1.54, 1.807) is 36.4 Å². The maximum atomic E-state index is 13.2. The van der Waals surface area contributed by atoms with Crippen LogP contribution >= 0.6 is 0 Å². The Balaban J connectivity index is 1.94. The molecule has 9 heteroatoms. The Morgan fingerprint density at radius 3 is 2.32 bits per heavy atom. The Hall–Kier alpha value is -4.66. The molecule has 0 saturated heterocycles. The fraction of sp³-hybridized carbons (Fsp3) is 0.120. The van der Waals surface area contributed by atoms with Gasteiger partial charge in [-0.2, -0.15) is 0 Å². The number of anilines is 1. The van der Waals surface area contributed by atoms with E-state index in [4.69, 9.17) is 9.47 Å². The SMILES string of the molecule is COc1ccc(NC(=O)/C(=C/c2ccc([N+](=O)[O-])cc2)NC(=O)c2cccc(C)c2)c(OC)c1. The second-order valence-corrected chi connectivity index (χ2v) is 7.25. The van der Waals surface area contributed by atoms with E-state index in [-0.39, 0.29) is 11.4 Å². The van der Waals surface area contributed by atoms with Gasteiger partial charge in [0.1, 0.15) is 17.2 Å². The van der Waals surface area contributed by atoms with Gasteiger partial charge in [0.2, 0.25) is 0 Å². The topological polar surface area (TPSA) is 120 Å². The monoisotopic (exact) mass is 461 g/mol. The molecule has 0 aromatic heterocycles. The molecule has 2 amide bonds. The quantitative estimate of drug-likeness (QED) is 0.293. The summed E-state index contributed by atoms with van der Waals surface area (Å²) in [6.07, 6.45) is 1.43. The lowest BCUT2D eigenvalue weighted by molar-refractivity contribution is -0.384. The molecule has 0 atom stereocenters. The number of hydrogen-bond acceptors (Lipinski definition) is 6. The summed E-state index contributed by atoms with van der Waals surface area (Å²) in [5.41, 5.74) is 1.98. The van der Waals surface area contributed by atoms with Gasteiger partial charge in [-0.1, -0.05) is 17.7 Å². The zero-order chi connectivity index (χ0) is 24.7. The summed E-state index contributed by atoms with van der Waals surface area (Å²) < 4.78 is 10.5. The summed E-state index contributed by atoms with van der Waals surface area (Å²) in [7, 11) is 2.97. The molecular weight excluding hydrogens is 438 g/mol. The van der Waals surface area contributed by atoms with Crippen LogP contribution in [0.25, 0.3) is 6.08 Å². The third kappa shape index (κ3) is 5.98. The number of carbonyl (C=O) groups excluding carboxylic acids is 2. The van der Waals surface area contributed by atoms with Gasteiger partial charge in [-0.3, -0.25) is 19.7 Å². The third-order valence-corrected chi connectivity index (χ3v) is 4.84. The number of nitro groups is 1. The van der Waals surface area contributed by atoms with Crippen LogP contribution in [0.1, 0.15) is 21.5 Å². The predicted molar refractivity (Wildman–Crippen MR) is 128 cm³/mol. The fourth-order valence-electron chi connectivity index (χ4n) is 3.09. The van der Waals surface area contributed by atoms with Crippen LogP contribution in [0.15, 0.2) is 72.4 Å². The second-order valence-electron chi connectivity index (χ2n) is 7.25. The van der Waals surface area contributed by atoms with Crippen LogP contribution in [0.4, 0.5) is 11.4 Å². The van der Waals surface area contributed by atoms with Gasteiger partial charge in [0.15, 0.2) is 0 Å². The van der Waals surface area contributed by atoms with Crippen molar-refractivity contribution in [2.45, 2.75) is 6.92 Å². The number of nitrogens with zero attached hydrogens (tertiary/aromatic N) is 1. The smallest absolute Gasteiger partial charge is 0.272 e. The Morgan fingerprint density at radius 2 is 1.71 bits per heavy atom. The van der Waals surface area contributed by atoms with Crippen molar-refractivity contribution in [2.75, 3.05) is 19.5 Å². The minimum Gasteiger partial charge on any atom is -0.497 e. The summed E-state index contributed by atoms with van der Waals surface area (Å²) in [6, 6.07) is 17.4. The van der Waals surface area contributed by atoms with E-state index in [2.05, 4.69) is 10.6 Å². The minimum atomic E-state index is -0.608. The van der Waals surface area contributed by atoms with Crippen molar-refractivity contribution in [3.63, 3.8) is 0 Å². The molecule has 9 nitrogen and oxygen atoms in total. The lowest BCUT2D eigenvalue weighted by atomic mass is 10.1. The molecule has 174 valence electrons. The Kier molecular flexibility index (Phi) is 7.60. The third-order valence-electron chi connectivity index (χ3n) is 4.84. The first-order valence-electron chi connectivity index (χ1n) is 10.2. The molecule has 34 heavy (non-hydrogen) atoms. The highest BCUT2D eigenvalue weighted by molar-refractivity contribution is 6.11. The number of carbonyl (C=O) groups is 2. The number of aryl methyl sites for hydroxylation is 1. The minimum absolute atomic E-state index is 0.0572. The van der Waals surface area contributed by atoms with E-state index in [0.717, 1.165) is 5.56 Å². The number of methoxy groups -OCH3 is 2. The summed E-state index contributed by atoms with van der Waals surface area (Å²) in [5.74, 6) is -0.173. The van der Waals surface area contributed by atoms with Gasteiger partial charge in [-0.05, 0) is 55.0 Å². The molecule has 0 aliphatic rings. The molecule has 3 rings (SSSR count). The number of benzene rings is 3. The number of rotatable bonds is 8. The summed E-state index contributed by atoms with van der Waals surface area (Å²) in [5, 5.41) is 16.3. The van der Waals surface area contributed by atoms with Crippen LogP contribution in [-0.2, 0) is 4.79 Å². The van der Waals surface area contributed by atoms with Crippen molar-refractivity contribution >= 4 is 29.3 Å². The number of non-ortho nitro benzene ring substituents is 1. The van der Waals surface area contributed by atoms with Gasteiger partial charge in [-0.15, -0.1) is 0 Å². The average molecular weight is 461 g/mol. The van der Waals surface area contributed by atoms with Crippen molar-refractivity contribution in [2.24, 2.45) is 0 Å². The first-order chi connectivity index (χ1) is 16.3. The van der Waals surface area contributed by atoms with E-state index >= 15 is 0 Å². The summed E-state index contributed by atoms with van der Waals surface area (Å²) in [4.78, 5) is 36.4. The lowest BCUT2D eigenvalue weighted by Gasteiger charge is -2.14. The molecule has 0 heterocycles. The van der Waals surface area contributed by atoms with Crippen LogP contribution in [-0.4, -0.2) is 31.0 Å². The predicted octanol–water partition coefficient (Wildman–Crippen LogP) is 4.33. The molecule has 3 aromatic carbocycles. The van der Waals surface area contributed by atoms with E-state index in [1.165, 1.54) is 44.6 Å². The fourth-order valence-corrected chi connectivity index (χ4v) is 3.09. The molecule has 3 aromatic rings. The molecule has 0 aliphatic heterocycles. The molecule has 0 aliphatic carbocycles. The number of amides is 2. The summed E-state index contributed by atoms with van der Waals surface area (Å²) in [6.45, 7) is 1.85. The Bertz CT molecular complexity index is 1250. The molecule has 0 spiro atoms. The number of ether oxygens (including phenoxy) is 2. The molecule has 0 fully saturated rings. The van der Waals surface area contributed by atoms with Crippen molar-refractivity contribution < 1.29 is 24.0 Å². The molecule has 0 unspecified atom stereocenters. The number of nitro benzene ring substituents is 1. The largest absolute Gasteiger partial charge is 0.497 e. The standard InChI is InChI=1S/C25H23N3O6/c1-16-5-4-6-18(13-16)24(29)27-22(14-17-7-9-19(10-8-17)28(31)32)25(30)26-21-12-11-20(33-2)15-23(21)34-3/h4-15H,1-3H3,(H,26,30)(H,27,29)/b22-14-. The van der Waals surface area contributed by atoms with Gasteiger partial charge >= 0.3 is 0 Å². The highest BCUT2D eigenvalue weighted by Crippen LogP contribution is 2.29. The van der Waals surface area contributed by atoms with Crippen LogP contribution in [0.5, 0.6) is 11.5 Å². The van der Waals surface area contributed by atoms with E-state index in [9.17, 15) is 19.7 Å². The van der Waals surface area contributed by atoms with Crippen molar-refractivity contribution in [1.82, 2.24) is 5.32 Å². The van der Waals surface area contributed by atoms with Gasteiger partial charge in [0.25, 0.3) is 17.5 Å². The summed E-state index contributed by atoms with van der Waals surface area (Å²) >= 11 is 0. The number of hydrogen-bond donors (Lipinski definition) is 2. The molecule has 0 radical (unpaired) electrons. The molecule has 0 bridgehead atoms. The highest BCUT2D eigenvalue weighted by Gasteiger charge is 2.17. The maximum Gasteiger partial charge on any atom is 0.272 e. The normalized spacial score (nSPS) is 10.9.